The molecule has 0 unspecified atom stereocenters. The minimum atomic E-state index is -1.11. The molecule has 0 amide bonds. The normalized spacial score (nSPS) is 15.9. The van der Waals surface area contributed by atoms with Gasteiger partial charge in [-0.25, -0.2) is 0 Å². The van der Waals surface area contributed by atoms with Crippen molar-refractivity contribution in [1.29, 1.82) is 0 Å². The van der Waals surface area contributed by atoms with Gasteiger partial charge in [0.25, 0.3) is 0 Å². The highest BCUT2D eigenvalue weighted by Crippen LogP contribution is 2.38. The third-order valence-electron chi connectivity index (χ3n) is 3.47. The van der Waals surface area contributed by atoms with Crippen molar-refractivity contribution in [1.82, 2.24) is 0 Å². The van der Waals surface area contributed by atoms with Crippen LogP contribution in [0.4, 0.5) is 5.69 Å². The van der Waals surface area contributed by atoms with Gasteiger partial charge in [-0.1, -0.05) is 46.6 Å². The fourth-order valence-corrected chi connectivity index (χ4v) is 2.29. The van der Waals surface area contributed by atoms with Crippen molar-refractivity contribution in [3.05, 3.63) is 68.6 Å². The first-order valence-electron chi connectivity index (χ1n) is 6.41. The average molecular weight is 298 g/mol. The number of hydrogen-bond acceptors (Lipinski definition) is 4. The van der Waals surface area contributed by atoms with E-state index in [0.29, 0.717) is 17.8 Å². The Labute approximate surface area is 126 Å². The van der Waals surface area contributed by atoms with E-state index in [-0.39, 0.29) is 0 Å². The zero-order valence-corrected chi connectivity index (χ0v) is 12.2. The molecule has 0 saturated carbocycles. The van der Waals surface area contributed by atoms with Gasteiger partial charge in [-0.2, -0.15) is 0 Å². The van der Waals surface area contributed by atoms with Gasteiger partial charge in [-0.3, -0.25) is 0 Å². The van der Waals surface area contributed by atoms with Crippen molar-refractivity contribution in [3.8, 4) is 0 Å². The van der Waals surface area contributed by atoms with Crippen molar-refractivity contribution >= 4 is 11.3 Å². The molecular formula is C14H14N6O2. The zero-order valence-electron chi connectivity index (χ0n) is 12.2. The average Bonchev–Trinajstić information content (AvgIpc) is 2.57. The van der Waals surface area contributed by atoms with E-state index in [1.807, 2.05) is 18.2 Å². The van der Waals surface area contributed by atoms with Crippen molar-refractivity contribution in [2.24, 2.45) is 10.2 Å². The molecule has 1 aromatic rings. The maximum atomic E-state index is 8.65. The van der Waals surface area contributed by atoms with E-state index >= 15 is 0 Å². The lowest BCUT2D eigenvalue weighted by atomic mass is 9.91. The van der Waals surface area contributed by atoms with Crippen LogP contribution in [-0.4, -0.2) is 20.0 Å². The summed E-state index contributed by atoms with van der Waals surface area (Å²) in [5, 5.41) is 7.17. The third-order valence-corrected chi connectivity index (χ3v) is 3.47. The van der Waals surface area contributed by atoms with E-state index in [1.165, 1.54) is 14.2 Å². The molecule has 0 spiro atoms. The Morgan fingerprint density at radius 3 is 2.18 bits per heavy atom. The minimum Gasteiger partial charge on any atom is -0.349 e. The van der Waals surface area contributed by atoms with Gasteiger partial charge >= 0.3 is 0 Å². The molecule has 0 aromatic heterocycles. The Kier molecular flexibility index (Phi) is 4.83. The summed E-state index contributed by atoms with van der Waals surface area (Å²) in [6, 6.07) is 7.14. The lowest BCUT2D eigenvalue weighted by Crippen LogP contribution is -2.37. The first-order chi connectivity index (χ1) is 10.7. The van der Waals surface area contributed by atoms with E-state index in [9.17, 15) is 0 Å². The molecule has 0 heterocycles. The van der Waals surface area contributed by atoms with E-state index < -0.39 is 5.79 Å². The number of ether oxygens (including phenoxy) is 2. The number of azide groups is 2. The molecular weight excluding hydrogens is 284 g/mol. The van der Waals surface area contributed by atoms with Gasteiger partial charge in [0, 0.05) is 36.2 Å². The fraction of sp³-hybridized carbons (Fsp3) is 0.286. The Balaban J connectivity index is 2.40. The molecule has 0 bridgehead atoms. The highest BCUT2D eigenvalue weighted by atomic mass is 16.7. The number of benzene rings is 1. The predicted octanol–water partition coefficient (Wildman–Crippen LogP) is 4.60. The van der Waals surface area contributed by atoms with E-state index in [1.54, 1.807) is 18.2 Å². The summed E-state index contributed by atoms with van der Waals surface area (Å²) in [6.45, 7) is 0. The zero-order chi connectivity index (χ0) is 16.0. The molecule has 0 aliphatic heterocycles. The molecule has 1 aliphatic carbocycles. The topological polar surface area (TPSA) is 116 Å². The van der Waals surface area contributed by atoms with Gasteiger partial charge in [0.15, 0.2) is 0 Å². The summed E-state index contributed by atoms with van der Waals surface area (Å²) in [4.78, 5) is 5.54. The van der Waals surface area contributed by atoms with Gasteiger partial charge in [0.1, 0.15) is 0 Å². The molecule has 0 radical (unpaired) electrons. The van der Waals surface area contributed by atoms with Gasteiger partial charge in [0.05, 0.1) is 5.70 Å². The molecule has 0 saturated heterocycles. The molecule has 0 atom stereocenters. The number of hydrogen-bond donors (Lipinski definition) is 0. The van der Waals surface area contributed by atoms with Gasteiger partial charge in [-0.15, -0.1) is 0 Å². The predicted molar refractivity (Wildman–Crippen MR) is 81.8 cm³/mol. The molecule has 1 aliphatic rings. The lowest BCUT2D eigenvalue weighted by molar-refractivity contribution is -0.175. The summed E-state index contributed by atoms with van der Waals surface area (Å²) in [7, 11) is 3.00. The van der Waals surface area contributed by atoms with Crippen molar-refractivity contribution in [3.63, 3.8) is 0 Å². The summed E-state index contributed by atoms with van der Waals surface area (Å²) < 4.78 is 10.9. The first kappa shape index (κ1) is 15.6. The van der Waals surface area contributed by atoms with E-state index in [0.717, 1.165) is 11.1 Å². The molecule has 0 fully saturated rings. The van der Waals surface area contributed by atoms with E-state index in [4.69, 9.17) is 20.5 Å². The molecule has 8 nitrogen and oxygen atoms in total. The van der Waals surface area contributed by atoms with Crippen LogP contribution in [0.2, 0.25) is 0 Å². The number of allylic oxidation sites excluding steroid dienone is 2. The Morgan fingerprint density at radius 2 is 1.64 bits per heavy atom. The maximum Gasteiger partial charge on any atom is 0.200 e. The second kappa shape index (κ2) is 6.80. The number of nitrogens with zero attached hydrogens (tertiary/aromatic N) is 6. The SMILES string of the molecule is COC1(OC)CC(c2ccc(N=[N+]=[N-])cc2)=CC=C1N=[N+]=[N-]. The van der Waals surface area contributed by atoms with Gasteiger partial charge < -0.3 is 9.47 Å². The van der Waals surface area contributed by atoms with Crippen LogP contribution in [-0.2, 0) is 9.47 Å². The van der Waals surface area contributed by atoms with Gasteiger partial charge in [0.2, 0.25) is 5.79 Å². The second-order valence-electron chi connectivity index (χ2n) is 4.51. The van der Waals surface area contributed by atoms with Crippen molar-refractivity contribution in [2.45, 2.75) is 12.2 Å². The number of methoxy groups -OCH3 is 2. The maximum absolute atomic E-state index is 8.65. The largest absolute Gasteiger partial charge is 0.349 e. The third kappa shape index (κ3) is 2.95. The summed E-state index contributed by atoms with van der Waals surface area (Å²) in [5.41, 5.74) is 19.9. The van der Waals surface area contributed by atoms with Crippen molar-refractivity contribution < 1.29 is 9.47 Å². The monoisotopic (exact) mass is 298 g/mol. The highest BCUT2D eigenvalue weighted by Gasteiger charge is 2.37. The molecule has 0 N–H and O–H groups in total. The number of rotatable bonds is 5. The fourth-order valence-electron chi connectivity index (χ4n) is 2.29. The standard InChI is InChI=1S/C14H14N6O2/c1-21-14(22-2)9-11(5-8-13(14)18-20-16)10-3-6-12(7-4-10)17-19-15/h3-8H,9H2,1-2H3. The van der Waals surface area contributed by atoms with Crippen LogP contribution < -0.4 is 0 Å². The minimum absolute atomic E-state index is 0.370. The van der Waals surface area contributed by atoms with Crippen LogP contribution in [0.25, 0.3) is 26.5 Å². The quantitative estimate of drug-likeness (QED) is 0.342. The van der Waals surface area contributed by atoms with Gasteiger partial charge in [-0.05, 0) is 22.2 Å². The molecule has 1 aromatic carbocycles. The Hall–Kier alpha value is -2.76. The summed E-state index contributed by atoms with van der Waals surface area (Å²) in [5.74, 6) is -1.11. The molecule has 2 rings (SSSR count). The van der Waals surface area contributed by atoms with Crippen LogP contribution >= 0.6 is 0 Å². The van der Waals surface area contributed by atoms with E-state index in [2.05, 4.69) is 20.1 Å². The highest BCUT2D eigenvalue weighted by molar-refractivity contribution is 5.71. The smallest absolute Gasteiger partial charge is 0.200 e. The molecule has 112 valence electrons. The Morgan fingerprint density at radius 1 is 1.00 bits per heavy atom. The first-order valence-corrected chi connectivity index (χ1v) is 6.41. The van der Waals surface area contributed by atoms with Crippen LogP contribution in [0.1, 0.15) is 12.0 Å². The molecule has 8 heteroatoms. The molecule has 22 heavy (non-hydrogen) atoms. The second-order valence-corrected chi connectivity index (χ2v) is 4.51. The Bertz CT molecular complexity index is 705. The lowest BCUT2D eigenvalue weighted by Gasteiger charge is -2.34. The van der Waals surface area contributed by atoms with Crippen LogP contribution in [0.3, 0.4) is 0 Å². The van der Waals surface area contributed by atoms with Crippen molar-refractivity contribution in [2.75, 3.05) is 14.2 Å². The van der Waals surface area contributed by atoms with Crippen LogP contribution in [0, 0.1) is 0 Å². The van der Waals surface area contributed by atoms with Crippen LogP contribution in [0.5, 0.6) is 0 Å². The van der Waals surface area contributed by atoms with Crippen LogP contribution in [0.15, 0.2) is 52.3 Å². The summed E-state index contributed by atoms with van der Waals surface area (Å²) in [6.07, 6.45) is 3.92. The summed E-state index contributed by atoms with van der Waals surface area (Å²) >= 11 is 0.